The molecule has 4 heterocycles. The van der Waals surface area contributed by atoms with E-state index < -0.39 is 189 Å². The zero-order valence-electron chi connectivity index (χ0n) is 45.8. The highest BCUT2D eigenvalue weighted by Gasteiger charge is 2.75. The molecular weight excluding hydrogens is 1020 g/mol. The normalized spacial score (nSPS) is 53.0. The van der Waals surface area contributed by atoms with E-state index in [1.165, 1.54) is 0 Å². The van der Waals surface area contributed by atoms with E-state index in [-0.39, 0.29) is 35.5 Å². The van der Waals surface area contributed by atoms with Crippen molar-refractivity contribution in [2.45, 2.75) is 254 Å². The first-order valence-electron chi connectivity index (χ1n) is 27.8. The largest absolute Gasteiger partial charge is 0.394 e. The van der Waals surface area contributed by atoms with Crippen LogP contribution in [-0.4, -0.2) is 244 Å². The van der Waals surface area contributed by atoms with Gasteiger partial charge in [0, 0.05) is 5.41 Å². The molecule has 0 spiro atoms. The van der Waals surface area contributed by atoms with Crippen LogP contribution in [0.4, 0.5) is 0 Å². The van der Waals surface area contributed by atoms with Gasteiger partial charge in [-0.15, -0.1) is 0 Å². The van der Waals surface area contributed by atoms with Crippen LogP contribution >= 0.6 is 0 Å². The van der Waals surface area contributed by atoms with Gasteiger partial charge in [-0.3, -0.25) is 0 Å². The highest BCUT2D eigenvalue weighted by atomic mass is 16.8. The summed E-state index contributed by atoms with van der Waals surface area (Å²) in [6.07, 6.45) is -27.1. The van der Waals surface area contributed by atoms with Gasteiger partial charge < -0.3 is 114 Å². The molecule has 4 aliphatic carbocycles. The summed E-state index contributed by atoms with van der Waals surface area (Å²) in [4.78, 5) is 0. The fourth-order valence-corrected chi connectivity index (χ4v) is 16.5. The number of rotatable bonds is 17. The summed E-state index contributed by atoms with van der Waals surface area (Å²) < 4.78 is 48.9. The molecule has 30 atom stereocenters. The van der Waals surface area contributed by atoms with Crippen molar-refractivity contribution >= 4 is 0 Å². The molecule has 0 amide bonds. The van der Waals surface area contributed by atoms with Crippen molar-refractivity contribution in [1.29, 1.82) is 0 Å². The second kappa shape index (κ2) is 22.8. The average Bonchev–Trinajstić information content (AvgIpc) is 4.10. The molecule has 0 aromatic carbocycles. The lowest BCUT2D eigenvalue weighted by Crippen LogP contribution is -2.69. The minimum Gasteiger partial charge on any atom is -0.394 e. The number of fused-ring (bicyclic) bond motifs is 5. The maximum Gasteiger partial charge on any atom is 0.187 e. The van der Waals surface area contributed by atoms with Crippen LogP contribution in [0.25, 0.3) is 0 Å². The van der Waals surface area contributed by atoms with E-state index in [9.17, 15) is 76.6 Å². The highest BCUT2D eigenvalue weighted by molar-refractivity contribution is 5.23. The standard InChI is InChI=1S/C54H92O23/c1-23(2)24(58)10-15-54(9,77-47-42(69)38(65)36(63)29(74-47)22-70-45-40(67)35(62)28(21-57)71-45)53(8)17-16-52(7)44(53)25(59)18-31-50(5)13-12-32(49(3,4)30(50)11-14-51(31,52)6)75-48-43(39(66)34(61)27(20-56)73-48)76-46-41(68)37(64)33(60)26(19-55)72-46/h24-48,55-69H,1,10-22H2,2-9H3/t24-,25-,26-,27-,28+,29-,30+,31-,32+,33-,34-,35+,36-,37+,38+,39+,40-,41-,42-,43-,44+,45-,46+,47+,48+,50+,51-,52-,53+,54+/m1/s1. The van der Waals surface area contributed by atoms with Crippen molar-refractivity contribution in [1.82, 2.24) is 0 Å². The van der Waals surface area contributed by atoms with Crippen molar-refractivity contribution < 1.29 is 114 Å². The maximum absolute atomic E-state index is 13.0. The van der Waals surface area contributed by atoms with Gasteiger partial charge in [0.1, 0.15) is 91.6 Å². The molecule has 15 N–H and O–H groups in total. The molecule has 446 valence electrons. The summed E-state index contributed by atoms with van der Waals surface area (Å²) in [6.45, 7) is 18.3. The molecule has 77 heavy (non-hydrogen) atoms. The predicted octanol–water partition coefficient (Wildman–Crippen LogP) is -2.20. The molecule has 4 aliphatic heterocycles. The van der Waals surface area contributed by atoms with E-state index in [2.05, 4.69) is 48.1 Å². The van der Waals surface area contributed by atoms with Gasteiger partial charge in [-0.2, -0.15) is 0 Å². The van der Waals surface area contributed by atoms with Gasteiger partial charge in [0.05, 0.1) is 50.3 Å². The van der Waals surface area contributed by atoms with Crippen LogP contribution in [-0.2, 0) is 37.9 Å². The summed E-state index contributed by atoms with van der Waals surface area (Å²) in [5.74, 6) is -0.398. The molecule has 4 saturated heterocycles. The molecule has 23 nitrogen and oxygen atoms in total. The van der Waals surface area contributed by atoms with Gasteiger partial charge in [0.2, 0.25) is 0 Å². The predicted molar refractivity (Wildman–Crippen MR) is 266 cm³/mol. The number of hydrogen-bond acceptors (Lipinski definition) is 23. The van der Waals surface area contributed by atoms with Crippen LogP contribution in [0, 0.1) is 44.8 Å². The van der Waals surface area contributed by atoms with Crippen molar-refractivity contribution in [3.8, 4) is 0 Å². The Morgan fingerprint density at radius 2 is 1.10 bits per heavy atom. The van der Waals surface area contributed by atoms with Crippen molar-refractivity contribution in [3.63, 3.8) is 0 Å². The van der Waals surface area contributed by atoms with E-state index in [4.69, 9.17) is 37.9 Å². The second-order valence-electron chi connectivity index (χ2n) is 26.0. The molecule has 8 aliphatic rings. The van der Waals surface area contributed by atoms with Crippen LogP contribution in [0.3, 0.4) is 0 Å². The van der Waals surface area contributed by atoms with E-state index in [1.807, 2.05) is 6.92 Å². The lowest BCUT2D eigenvalue weighted by Gasteiger charge is -2.71. The first kappa shape index (κ1) is 61.9. The summed E-state index contributed by atoms with van der Waals surface area (Å²) >= 11 is 0. The van der Waals surface area contributed by atoms with E-state index in [0.29, 0.717) is 37.7 Å². The minimum atomic E-state index is -1.83. The second-order valence-corrected chi connectivity index (χ2v) is 26.0. The van der Waals surface area contributed by atoms with Crippen molar-refractivity contribution in [2.75, 3.05) is 26.4 Å². The first-order chi connectivity index (χ1) is 35.9. The quantitative estimate of drug-likeness (QED) is 0.0543. The minimum absolute atomic E-state index is 0.00838. The lowest BCUT2D eigenvalue weighted by molar-refractivity contribution is -0.378. The Morgan fingerprint density at radius 1 is 0.584 bits per heavy atom. The molecule has 0 radical (unpaired) electrons. The Labute approximate surface area is 450 Å². The third kappa shape index (κ3) is 10.3. The van der Waals surface area contributed by atoms with Gasteiger partial charge in [-0.1, -0.05) is 53.7 Å². The average molecular weight is 1110 g/mol. The van der Waals surface area contributed by atoms with Gasteiger partial charge in [-0.25, -0.2) is 0 Å². The Bertz CT molecular complexity index is 2020. The summed E-state index contributed by atoms with van der Waals surface area (Å²) in [6, 6.07) is 0. The fourth-order valence-electron chi connectivity index (χ4n) is 16.5. The Kier molecular flexibility index (Phi) is 18.3. The molecule has 0 aromatic heterocycles. The Hall–Kier alpha value is -1.18. The van der Waals surface area contributed by atoms with Crippen LogP contribution in [0.1, 0.15) is 113 Å². The molecule has 8 fully saturated rings. The Morgan fingerprint density at radius 3 is 1.70 bits per heavy atom. The van der Waals surface area contributed by atoms with E-state index in [0.717, 1.165) is 12.8 Å². The molecule has 0 unspecified atom stereocenters. The summed E-state index contributed by atoms with van der Waals surface area (Å²) in [5, 5.41) is 163. The van der Waals surface area contributed by atoms with Gasteiger partial charge in [-0.05, 0) is 111 Å². The van der Waals surface area contributed by atoms with Crippen molar-refractivity contribution in [3.05, 3.63) is 12.2 Å². The number of aliphatic hydroxyl groups excluding tert-OH is 15. The number of hydrogen-bond donors (Lipinski definition) is 15. The van der Waals surface area contributed by atoms with Crippen LogP contribution in [0.2, 0.25) is 0 Å². The topological polar surface area (TPSA) is 377 Å². The van der Waals surface area contributed by atoms with Gasteiger partial charge in [0.25, 0.3) is 0 Å². The first-order valence-corrected chi connectivity index (χ1v) is 27.8. The molecule has 4 saturated carbocycles. The third-order valence-electron chi connectivity index (χ3n) is 21.6. The zero-order chi connectivity index (χ0) is 56.9. The van der Waals surface area contributed by atoms with Crippen LogP contribution in [0.15, 0.2) is 12.2 Å². The molecule has 0 aromatic rings. The monoisotopic (exact) mass is 1110 g/mol. The molecule has 8 rings (SSSR count). The zero-order valence-corrected chi connectivity index (χ0v) is 45.8. The molecule has 0 bridgehead atoms. The highest BCUT2D eigenvalue weighted by Crippen LogP contribution is 2.78. The smallest absolute Gasteiger partial charge is 0.187 e. The van der Waals surface area contributed by atoms with Gasteiger partial charge in [0.15, 0.2) is 25.2 Å². The van der Waals surface area contributed by atoms with Gasteiger partial charge >= 0.3 is 0 Å². The Balaban J connectivity index is 1.03. The maximum atomic E-state index is 13.0. The number of ether oxygens (including phenoxy) is 8. The molecular formula is C54H92O23. The third-order valence-corrected chi connectivity index (χ3v) is 21.6. The molecule has 23 heteroatoms. The van der Waals surface area contributed by atoms with E-state index >= 15 is 0 Å². The van der Waals surface area contributed by atoms with Crippen LogP contribution in [0.5, 0.6) is 0 Å². The fraction of sp³-hybridized carbons (Fsp3) is 0.963. The summed E-state index contributed by atoms with van der Waals surface area (Å²) in [7, 11) is 0. The lowest BCUT2D eigenvalue weighted by atomic mass is 9.34. The number of aliphatic hydroxyl groups is 15. The van der Waals surface area contributed by atoms with E-state index in [1.54, 1.807) is 6.92 Å². The van der Waals surface area contributed by atoms with Crippen molar-refractivity contribution in [2.24, 2.45) is 44.8 Å². The SMILES string of the molecule is C=C(C)[C@H](O)CC[C@](C)(O[C@@H]1O[C@H](CO[C@@H]2O[C@@H](CO)[C@H](O)[C@H]2O)[C@@H](O)[C@H](O)[C@H]1O)[C@@]1(C)CC[C@]2(C)[C@@H]1[C@H](O)C[C@@H]1[C@@]3(C)CC[C@H](O[C@@H]4O[C@H](CO)[C@@H](O)[C@H](O)[C@H]4O[C@@H]4O[C@H](CO)[C@@H](O)[C@H](O)[C@H]4O)C(C)(C)[C@@H]3CC[C@]12C. The van der Waals surface area contributed by atoms with Crippen LogP contribution < -0.4 is 0 Å². The summed E-state index contributed by atoms with van der Waals surface area (Å²) in [5.41, 5.74) is -3.43.